The summed E-state index contributed by atoms with van der Waals surface area (Å²) in [7, 11) is -2.14. The van der Waals surface area contributed by atoms with Gasteiger partial charge >= 0.3 is 6.09 Å². The standard InChI is InChI=1S/C27H33N7O4S/c1-18-7-9-21(10-8-18)39(36,37)34-16-22(20-13-30-31(6)15-20)23-24(28-17-29-25(23)34)33-12-11-32(14-19(33)2)26(35)38-27(3,4)5/h7-10,13,15-17,19H,11-12,14H2,1-6H3. The van der Waals surface area contributed by atoms with Gasteiger partial charge in [0.2, 0.25) is 0 Å². The van der Waals surface area contributed by atoms with E-state index in [9.17, 15) is 13.2 Å². The predicted octanol–water partition coefficient (Wildman–Crippen LogP) is 3.82. The largest absolute Gasteiger partial charge is 0.444 e. The van der Waals surface area contributed by atoms with E-state index in [1.54, 1.807) is 53.3 Å². The number of carbonyl (C=O) groups is 1. The zero-order valence-electron chi connectivity index (χ0n) is 23.0. The van der Waals surface area contributed by atoms with Gasteiger partial charge in [-0.2, -0.15) is 5.10 Å². The number of hydrogen-bond donors (Lipinski definition) is 0. The van der Waals surface area contributed by atoms with Gasteiger partial charge in [0.1, 0.15) is 17.7 Å². The third-order valence-corrected chi connectivity index (χ3v) is 8.34. The van der Waals surface area contributed by atoms with E-state index in [4.69, 9.17) is 4.74 Å². The Bertz CT molecular complexity index is 1630. The second kappa shape index (κ2) is 9.67. The lowest BCUT2D eigenvalue weighted by Gasteiger charge is -2.41. The van der Waals surface area contributed by atoms with Crippen LogP contribution in [0, 0.1) is 6.92 Å². The van der Waals surface area contributed by atoms with Gasteiger partial charge in [-0.1, -0.05) is 17.7 Å². The summed E-state index contributed by atoms with van der Waals surface area (Å²) in [5, 5.41) is 4.91. The number of amides is 1. The molecule has 1 saturated heterocycles. The molecule has 1 unspecified atom stereocenters. The lowest BCUT2D eigenvalue weighted by Crippen LogP contribution is -2.54. The maximum Gasteiger partial charge on any atom is 0.410 e. The smallest absolute Gasteiger partial charge is 0.410 e. The zero-order valence-corrected chi connectivity index (χ0v) is 23.8. The fourth-order valence-electron chi connectivity index (χ4n) is 4.79. The summed E-state index contributed by atoms with van der Waals surface area (Å²) in [4.78, 5) is 25.7. The fraction of sp³-hybridized carbons (Fsp3) is 0.407. The Morgan fingerprint density at radius 3 is 2.41 bits per heavy atom. The number of aryl methyl sites for hydroxylation is 2. The van der Waals surface area contributed by atoms with Gasteiger partial charge in [0.05, 0.1) is 16.5 Å². The Labute approximate surface area is 228 Å². The van der Waals surface area contributed by atoms with Crippen LogP contribution in [-0.4, -0.2) is 74.4 Å². The van der Waals surface area contributed by atoms with E-state index in [-0.39, 0.29) is 22.7 Å². The number of nitrogens with zero attached hydrogens (tertiary/aromatic N) is 7. The van der Waals surface area contributed by atoms with Crippen molar-refractivity contribution in [2.24, 2.45) is 7.05 Å². The first-order valence-corrected chi connectivity index (χ1v) is 14.2. The summed E-state index contributed by atoms with van der Waals surface area (Å²) in [6.07, 6.45) is 6.15. The number of anilines is 1. The summed E-state index contributed by atoms with van der Waals surface area (Å²) in [6.45, 7) is 10.8. The van der Waals surface area contributed by atoms with Crippen LogP contribution in [0.1, 0.15) is 33.3 Å². The molecule has 4 heterocycles. The maximum absolute atomic E-state index is 13.8. The van der Waals surface area contributed by atoms with Gasteiger partial charge in [0.15, 0.2) is 5.65 Å². The van der Waals surface area contributed by atoms with Crippen LogP contribution in [0.2, 0.25) is 0 Å². The fourth-order valence-corrected chi connectivity index (χ4v) is 6.10. The van der Waals surface area contributed by atoms with Crippen molar-refractivity contribution in [1.29, 1.82) is 0 Å². The molecule has 5 rings (SSSR count). The third-order valence-electron chi connectivity index (χ3n) is 6.68. The van der Waals surface area contributed by atoms with Gasteiger partial charge in [0.25, 0.3) is 10.0 Å². The first-order chi connectivity index (χ1) is 18.3. The van der Waals surface area contributed by atoms with Crippen molar-refractivity contribution in [1.82, 2.24) is 28.6 Å². The molecule has 1 fully saturated rings. The minimum Gasteiger partial charge on any atom is -0.444 e. The lowest BCUT2D eigenvalue weighted by molar-refractivity contribution is 0.0218. The van der Waals surface area contributed by atoms with Gasteiger partial charge in [0, 0.05) is 56.2 Å². The molecule has 1 aliphatic heterocycles. The molecule has 3 aromatic heterocycles. The van der Waals surface area contributed by atoms with E-state index in [2.05, 4.69) is 20.0 Å². The number of piperazine rings is 1. The lowest BCUT2D eigenvalue weighted by atomic mass is 10.1. The highest BCUT2D eigenvalue weighted by Crippen LogP contribution is 2.38. The summed E-state index contributed by atoms with van der Waals surface area (Å²) in [6, 6.07) is 6.63. The van der Waals surface area contributed by atoms with E-state index in [0.717, 1.165) is 11.1 Å². The quantitative estimate of drug-likeness (QED) is 0.376. The number of fused-ring (bicyclic) bond motifs is 1. The monoisotopic (exact) mass is 551 g/mol. The number of carbonyl (C=O) groups excluding carboxylic acids is 1. The van der Waals surface area contributed by atoms with Crippen LogP contribution in [0.5, 0.6) is 0 Å². The Morgan fingerprint density at radius 2 is 1.79 bits per heavy atom. The molecular formula is C27H33N7O4S. The molecule has 1 amide bonds. The molecule has 0 saturated carbocycles. The van der Waals surface area contributed by atoms with Crippen LogP contribution < -0.4 is 4.90 Å². The van der Waals surface area contributed by atoms with Crippen LogP contribution in [-0.2, 0) is 21.8 Å². The van der Waals surface area contributed by atoms with Crippen molar-refractivity contribution >= 4 is 33.0 Å². The predicted molar refractivity (Wildman–Crippen MR) is 148 cm³/mol. The molecule has 0 N–H and O–H groups in total. The Hall–Kier alpha value is -3.93. The van der Waals surface area contributed by atoms with Gasteiger partial charge < -0.3 is 14.5 Å². The first kappa shape index (κ1) is 26.7. The molecule has 39 heavy (non-hydrogen) atoms. The molecule has 0 spiro atoms. The topological polar surface area (TPSA) is 115 Å². The molecule has 4 aromatic rings. The molecule has 206 valence electrons. The zero-order chi connectivity index (χ0) is 28.1. The van der Waals surface area contributed by atoms with Crippen LogP contribution in [0.25, 0.3) is 22.2 Å². The molecular weight excluding hydrogens is 518 g/mol. The third kappa shape index (κ3) is 5.08. The minimum atomic E-state index is -3.95. The Morgan fingerprint density at radius 1 is 1.08 bits per heavy atom. The number of ether oxygens (including phenoxy) is 1. The molecule has 1 aliphatic rings. The molecule has 0 bridgehead atoms. The number of hydrogen-bond acceptors (Lipinski definition) is 8. The van der Waals surface area contributed by atoms with E-state index in [1.807, 2.05) is 40.8 Å². The van der Waals surface area contributed by atoms with E-state index in [0.29, 0.717) is 36.4 Å². The van der Waals surface area contributed by atoms with E-state index in [1.165, 1.54) is 10.3 Å². The average molecular weight is 552 g/mol. The second-order valence-corrected chi connectivity index (χ2v) is 12.7. The number of rotatable bonds is 4. The van der Waals surface area contributed by atoms with Gasteiger partial charge in [-0.3, -0.25) is 4.68 Å². The second-order valence-electron chi connectivity index (χ2n) is 10.9. The highest BCUT2D eigenvalue weighted by atomic mass is 32.2. The summed E-state index contributed by atoms with van der Waals surface area (Å²) >= 11 is 0. The van der Waals surface area contributed by atoms with Crippen molar-refractivity contribution in [2.45, 2.75) is 51.2 Å². The van der Waals surface area contributed by atoms with E-state index >= 15 is 0 Å². The number of benzene rings is 1. The summed E-state index contributed by atoms with van der Waals surface area (Å²) < 4.78 is 36.1. The van der Waals surface area contributed by atoms with Crippen LogP contribution in [0.4, 0.5) is 10.6 Å². The van der Waals surface area contributed by atoms with Crippen molar-refractivity contribution in [3.8, 4) is 11.1 Å². The maximum atomic E-state index is 13.8. The van der Waals surface area contributed by atoms with Crippen molar-refractivity contribution in [3.63, 3.8) is 0 Å². The van der Waals surface area contributed by atoms with Gasteiger partial charge in [-0.05, 0) is 46.8 Å². The van der Waals surface area contributed by atoms with Gasteiger partial charge in [-0.25, -0.2) is 27.2 Å². The minimum absolute atomic E-state index is 0.108. The SMILES string of the molecule is Cc1ccc(S(=O)(=O)n2cc(-c3cnn(C)c3)c3c(N4CCN(C(=O)OC(C)(C)C)CC4C)ncnc32)cc1. The molecule has 11 nitrogen and oxygen atoms in total. The van der Waals surface area contributed by atoms with Crippen molar-refractivity contribution in [3.05, 3.63) is 54.7 Å². The normalized spacial score (nSPS) is 16.6. The number of aromatic nitrogens is 5. The van der Waals surface area contributed by atoms with E-state index < -0.39 is 15.6 Å². The highest BCUT2D eigenvalue weighted by Gasteiger charge is 2.33. The van der Waals surface area contributed by atoms with Crippen LogP contribution in [0.3, 0.4) is 0 Å². The molecule has 0 radical (unpaired) electrons. The molecule has 1 aromatic carbocycles. The molecule has 12 heteroatoms. The summed E-state index contributed by atoms with van der Waals surface area (Å²) in [5.41, 5.74) is 2.07. The summed E-state index contributed by atoms with van der Waals surface area (Å²) in [5.74, 6) is 0.605. The Balaban J connectivity index is 1.61. The molecule has 1 atom stereocenters. The first-order valence-electron chi connectivity index (χ1n) is 12.8. The van der Waals surface area contributed by atoms with Crippen molar-refractivity contribution < 1.29 is 17.9 Å². The Kier molecular flexibility index (Phi) is 6.61. The van der Waals surface area contributed by atoms with Crippen LogP contribution in [0.15, 0.2) is 54.1 Å². The average Bonchev–Trinajstić information content (AvgIpc) is 3.47. The van der Waals surface area contributed by atoms with Crippen molar-refractivity contribution in [2.75, 3.05) is 24.5 Å². The highest BCUT2D eigenvalue weighted by molar-refractivity contribution is 7.90. The van der Waals surface area contributed by atoms with Crippen LogP contribution >= 0.6 is 0 Å². The van der Waals surface area contributed by atoms with Gasteiger partial charge in [-0.15, -0.1) is 0 Å². The molecule has 0 aliphatic carbocycles.